The van der Waals surface area contributed by atoms with Crippen molar-refractivity contribution in [3.05, 3.63) is 105 Å². The summed E-state index contributed by atoms with van der Waals surface area (Å²) in [5.74, 6) is -0.752. The summed E-state index contributed by atoms with van der Waals surface area (Å²) >= 11 is 18.3. The molecule has 0 unspecified atom stereocenters. The predicted octanol–water partition coefficient (Wildman–Crippen LogP) is 7.07. The van der Waals surface area contributed by atoms with Gasteiger partial charge in [-0.25, -0.2) is 14.6 Å². The molecule has 186 valence electrons. The number of fused-ring (bicyclic) bond motifs is 1. The van der Waals surface area contributed by atoms with Crippen molar-refractivity contribution in [1.82, 2.24) is 15.0 Å². The number of anilines is 1. The van der Waals surface area contributed by atoms with Crippen LogP contribution in [-0.2, 0) is 11.3 Å². The molecule has 3 amide bonds. The summed E-state index contributed by atoms with van der Waals surface area (Å²) in [6.07, 6.45) is 3.59. The normalized spacial score (nSPS) is 14.6. The van der Waals surface area contributed by atoms with Gasteiger partial charge in [-0.1, -0.05) is 71.4 Å². The minimum Gasteiger partial charge on any atom is -0.342 e. The van der Waals surface area contributed by atoms with E-state index in [1.807, 2.05) is 35.0 Å². The van der Waals surface area contributed by atoms with E-state index in [9.17, 15) is 14.0 Å². The van der Waals surface area contributed by atoms with Crippen molar-refractivity contribution in [2.24, 2.45) is 0 Å². The number of carbonyl (C=O) groups excluding carboxylic acids is 2. The van der Waals surface area contributed by atoms with Crippen LogP contribution < -0.4 is 10.7 Å². The molecular weight excluding hydrogens is 554 g/mol. The number of hydrogen-bond acceptors (Lipinski definition) is 4. The second-order valence-electron chi connectivity index (χ2n) is 8.03. The van der Waals surface area contributed by atoms with Crippen molar-refractivity contribution >= 4 is 86.1 Å². The first-order valence-corrected chi connectivity index (χ1v) is 12.9. The van der Waals surface area contributed by atoms with Crippen LogP contribution >= 0.6 is 47.2 Å². The monoisotopic (exact) mass is 570 g/mol. The largest absolute Gasteiger partial charge is 0.342 e. The van der Waals surface area contributed by atoms with Gasteiger partial charge in [-0.15, -0.1) is 0 Å². The summed E-state index contributed by atoms with van der Waals surface area (Å²) in [6, 6.07) is 18.2. The maximum Gasteiger partial charge on any atom is 0.338 e. The molecule has 1 aliphatic rings. The molecule has 0 atom stereocenters. The Morgan fingerprint density at radius 1 is 1.05 bits per heavy atom. The molecule has 3 aromatic carbocycles. The molecule has 2 heterocycles. The van der Waals surface area contributed by atoms with E-state index in [4.69, 9.17) is 35.4 Å². The summed E-state index contributed by atoms with van der Waals surface area (Å²) in [7, 11) is 0. The smallest absolute Gasteiger partial charge is 0.338 e. The summed E-state index contributed by atoms with van der Waals surface area (Å²) in [6.45, 7) is 0.332. The molecular formula is C26H17Cl2FN4O2S2. The van der Waals surface area contributed by atoms with Crippen LogP contribution in [0, 0.1) is 5.82 Å². The summed E-state index contributed by atoms with van der Waals surface area (Å²) in [5.41, 5.74) is 5.08. The number of thiocarbonyl (C=S) groups is 1. The zero-order valence-corrected chi connectivity index (χ0v) is 22.0. The Morgan fingerprint density at radius 3 is 2.59 bits per heavy atom. The van der Waals surface area contributed by atoms with E-state index >= 15 is 0 Å². The molecule has 1 aromatic heterocycles. The number of carbonyl (C=O) groups is 2. The Labute approximate surface area is 231 Å². The Balaban J connectivity index is 1.37. The van der Waals surface area contributed by atoms with E-state index in [2.05, 4.69) is 10.7 Å². The molecule has 0 spiro atoms. The Kier molecular flexibility index (Phi) is 7.21. The number of halogens is 3. The van der Waals surface area contributed by atoms with Gasteiger partial charge < -0.3 is 9.88 Å². The van der Waals surface area contributed by atoms with Crippen molar-refractivity contribution in [3.8, 4) is 0 Å². The van der Waals surface area contributed by atoms with E-state index < -0.39 is 11.9 Å². The lowest BCUT2D eigenvalue weighted by molar-refractivity contribution is -0.123. The Bertz CT molecular complexity index is 1600. The van der Waals surface area contributed by atoms with E-state index in [0.717, 1.165) is 33.2 Å². The number of nitrogens with one attached hydrogen (secondary N) is 2. The van der Waals surface area contributed by atoms with E-state index in [-0.39, 0.29) is 15.2 Å². The first kappa shape index (κ1) is 25.3. The lowest BCUT2D eigenvalue weighted by atomic mass is 10.1. The minimum absolute atomic E-state index is 0.177. The maximum absolute atomic E-state index is 14.3. The fraction of sp³-hybridized carbons (Fsp3) is 0.0385. The van der Waals surface area contributed by atoms with E-state index in [1.165, 1.54) is 12.1 Å². The number of rotatable bonds is 5. The average molecular weight is 571 g/mol. The molecule has 5 rings (SSSR count). The first-order chi connectivity index (χ1) is 17.8. The van der Waals surface area contributed by atoms with Crippen molar-refractivity contribution in [3.63, 3.8) is 0 Å². The van der Waals surface area contributed by atoms with Crippen LogP contribution in [0.2, 0.25) is 10.0 Å². The third-order valence-electron chi connectivity index (χ3n) is 5.59. The maximum atomic E-state index is 14.3. The van der Waals surface area contributed by atoms with Gasteiger partial charge in [-0.2, -0.15) is 5.01 Å². The molecule has 4 aromatic rings. The van der Waals surface area contributed by atoms with Crippen LogP contribution in [0.5, 0.6) is 0 Å². The third kappa shape index (κ3) is 5.35. The van der Waals surface area contributed by atoms with Crippen LogP contribution in [0.25, 0.3) is 17.0 Å². The third-order valence-corrected chi connectivity index (χ3v) is 7.63. The van der Waals surface area contributed by atoms with Gasteiger partial charge >= 0.3 is 6.03 Å². The van der Waals surface area contributed by atoms with Crippen molar-refractivity contribution < 1.29 is 14.0 Å². The number of urea groups is 1. The van der Waals surface area contributed by atoms with Crippen LogP contribution in [0.4, 0.5) is 14.9 Å². The number of para-hydroxylation sites is 1. The molecule has 0 saturated carbocycles. The number of aromatic nitrogens is 1. The van der Waals surface area contributed by atoms with Gasteiger partial charge in [-0.05, 0) is 48.6 Å². The molecule has 2 N–H and O–H groups in total. The van der Waals surface area contributed by atoms with Crippen molar-refractivity contribution in [1.29, 1.82) is 0 Å². The zero-order chi connectivity index (χ0) is 26.1. The van der Waals surface area contributed by atoms with Crippen LogP contribution in [0.1, 0.15) is 11.1 Å². The fourth-order valence-electron chi connectivity index (χ4n) is 3.87. The lowest BCUT2D eigenvalue weighted by Gasteiger charge is -2.16. The Morgan fingerprint density at radius 2 is 1.81 bits per heavy atom. The quantitative estimate of drug-likeness (QED) is 0.199. The van der Waals surface area contributed by atoms with Gasteiger partial charge in [0, 0.05) is 33.9 Å². The SMILES string of the molecule is O=C(Nc1ccc(Cl)c(Cl)c1)NN1C(=O)/C(=C/c2cn(Cc3ccccc3F)c3ccccc23)SC1=S. The number of hydrogen-bond donors (Lipinski definition) is 2. The first-order valence-electron chi connectivity index (χ1n) is 10.9. The highest BCUT2D eigenvalue weighted by molar-refractivity contribution is 8.26. The van der Waals surface area contributed by atoms with Gasteiger partial charge in [0.15, 0.2) is 4.32 Å². The molecule has 6 nitrogen and oxygen atoms in total. The second kappa shape index (κ2) is 10.5. The molecule has 1 aliphatic heterocycles. The minimum atomic E-state index is -0.669. The van der Waals surface area contributed by atoms with Crippen molar-refractivity contribution in [2.75, 3.05) is 5.32 Å². The molecule has 0 radical (unpaired) electrons. The number of benzene rings is 3. The number of nitrogens with zero attached hydrogens (tertiary/aromatic N) is 2. The standard InChI is InChI=1S/C26H17Cl2FN4O2S2/c27-19-10-9-17(12-20(19)28)30-25(35)31-33-24(34)23(37-26(33)36)11-16-14-32(22-8-4-2-6-18(16)22)13-15-5-1-3-7-21(15)29/h1-12,14H,13H2,(H2,30,31,35)/b23-11-. The van der Waals surface area contributed by atoms with Crippen LogP contribution in [0.15, 0.2) is 77.8 Å². The highest BCUT2D eigenvalue weighted by Crippen LogP contribution is 2.34. The van der Waals surface area contributed by atoms with Gasteiger partial charge in [0.05, 0.1) is 21.5 Å². The van der Waals surface area contributed by atoms with Crippen LogP contribution in [0.3, 0.4) is 0 Å². The Hall–Kier alpha value is -3.37. The molecule has 0 aliphatic carbocycles. The van der Waals surface area contributed by atoms with Gasteiger partial charge in [0.1, 0.15) is 5.82 Å². The molecule has 37 heavy (non-hydrogen) atoms. The van der Waals surface area contributed by atoms with E-state index in [0.29, 0.717) is 27.7 Å². The summed E-state index contributed by atoms with van der Waals surface area (Å²) in [4.78, 5) is 25.9. The molecule has 0 bridgehead atoms. The number of amides is 3. The van der Waals surface area contributed by atoms with Crippen molar-refractivity contribution in [2.45, 2.75) is 6.54 Å². The summed E-state index contributed by atoms with van der Waals surface area (Å²) < 4.78 is 16.4. The zero-order valence-electron chi connectivity index (χ0n) is 18.9. The van der Waals surface area contributed by atoms with E-state index in [1.54, 1.807) is 36.4 Å². The van der Waals surface area contributed by atoms with Gasteiger partial charge in [0.25, 0.3) is 5.91 Å². The number of hydrazine groups is 1. The second-order valence-corrected chi connectivity index (χ2v) is 10.5. The number of thioether (sulfide) groups is 1. The predicted molar refractivity (Wildman–Crippen MR) is 151 cm³/mol. The molecule has 1 fully saturated rings. The van der Waals surface area contributed by atoms with Gasteiger partial charge in [0.2, 0.25) is 0 Å². The summed E-state index contributed by atoms with van der Waals surface area (Å²) in [5, 5.41) is 5.13. The topological polar surface area (TPSA) is 66.4 Å². The van der Waals surface area contributed by atoms with Crippen LogP contribution in [-0.4, -0.2) is 25.8 Å². The highest BCUT2D eigenvalue weighted by atomic mass is 35.5. The highest BCUT2D eigenvalue weighted by Gasteiger charge is 2.34. The molecule has 1 saturated heterocycles. The molecule has 11 heteroatoms. The average Bonchev–Trinajstić information content (AvgIpc) is 3.35. The fourth-order valence-corrected chi connectivity index (χ4v) is 5.34. The lowest BCUT2D eigenvalue weighted by Crippen LogP contribution is -2.46. The van der Waals surface area contributed by atoms with Gasteiger partial charge in [-0.3, -0.25) is 4.79 Å².